The molecule has 4 heteroatoms. The molecular weight excluding hydrogens is 592 g/mol. The van der Waals surface area contributed by atoms with E-state index in [1.807, 2.05) is 12.1 Å². The molecule has 0 aliphatic rings. The molecule has 0 bridgehead atoms. The van der Waals surface area contributed by atoms with Crippen LogP contribution >= 0.6 is 0 Å². The second-order valence-electron chi connectivity index (χ2n) is 14.6. The Morgan fingerprint density at radius 1 is 0.396 bits per heavy atom. The summed E-state index contributed by atoms with van der Waals surface area (Å²) in [6.07, 6.45) is 43.6. The summed E-state index contributed by atoms with van der Waals surface area (Å²) in [5.74, 6) is 2.04. The number of methoxy groups -OCH3 is 1. The molecule has 0 aromatic heterocycles. The van der Waals surface area contributed by atoms with Crippen LogP contribution < -0.4 is 14.2 Å². The largest absolute Gasteiger partial charge is 0.493 e. The van der Waals surface area contributed by atoms with Gasteiger partial charge in [-0.3, -0.25) is 0 Å². The van der Waals surface area contributed by atoms with Crippen molar-refractivity contribution in [3.63, 3.8) is 0 Å². The van der Waals surface area contributed by atoms with E-state index in [1.165, 1.54) is 193 Å². The van der Waals surface area contributed by atoms with Crippen molar-refractivity contribution in [3.8, 4) is 17.2 Å². The van der Waals surface area contributed by atoms with E-state index in [0.29, 0.717) is 30.5 Å². The van der Waals surface area contributed by atoms with Crippen molar-refractivity contribution in [2.45, 2.75) is 226 Å². The van der Waals surface area contributed by atoms with Gasteiger partial charge in [0.05, 0.1) is 26.9 Å². The fourth-order valence-corrected chi connectivity index (χ4v) is 6.78. The van der Waals surface area contributed by atoms with Crippen LogP contribution in [0.1, 0.15) is 225 Å². The summed E-state index contributed by atoms with van der Waals surface area (Å²) in [5.41, 5.74) is 0.795. The minimum Gasteiger partial charge on any atom is -0.493 e. The molecule has 0 atom stereocenters. The van der Waals surface area contributed by atoms with Crippen LogP contribution in [-0.2, 0) is 6.61 Å². The first-order valence-electron chi connectivity index (χ1n) is 21.3. The van der Waals surface area contributed by atoms with Crippen LogP contribution in [0.5, 0.6) is 17.2 Å². The third-order valence-corrected chi connectivity index (χ3v) is 9.98. The molecule has 1 aromatic rings. The third kappa shape index (κ3) is 26.4. The van der Waals surface area contributed by atoms with Crippen molar-refractivity contribution in [3.05, 3.63) is 17.7 Å². The number of unbranched alkanes of at least 4 members (excludes halogenated alkanes) is 30. The van der Waals surface area contributed by atoms with Gasteiger partial charge in [-0.25, -0.2) is 0 Å². The molecule has 1 N–H and O–H groups in total. The summed E-state index contributed by atoms with van der Waals surface area (Å²) < 4.78 is 18.1. The molecule has 0 fully saturated rings. The SMILES string of the molecule is CCCCCCCCCCCCCCCCCCOc1cc(CO)cc(OC)c1OCCCCCCCCCCCCCCCCCC. The molecule has 0 radical (unpaired) electrons. The summed E-state index contributed by atoms with van der Waals surface area (Å²) >= 11 is 0. The zero-order chi connectivity index (χ0) is 34.6. The van der Waals surface area contributed by atoms with E-state index >= 15 is 0 Å². The van der Waals surface area contributed by atoms with E-state index in [-0.39, 0.29) is 6.61 Å². The van der Waals surface area contributed by atoms with Gasteiger partial charge in [0.2, 0.25) is 5.75 Å². The van der Waals surface area contributed by atoms with Crippen LogP contribution in [0, 0.1) is 0 Å². The van der Waals surface area contributed by atoms with E-state index in [1.54, 1.807) is 7.11 Å². The maximum absolute atomic E-state index is 9.77. The summed E-state index contributed by atoms with van der Waals surface area (Å²) in [6, 6.07) is 3.78. The molecule has 0 amide bonds. The number of aliphatic hydroxyl groups is 1. The van der Waals surface area contributed by atoms with Gasteiger partial charge in [-0.05, 0) is 30.5 Å². The topological polar surface area (TPSA) is 47.9 Å². The Hall–Kier alpha value is -1.42. The Morgan fingerprint density at radius 2 is 0.688 bits per heavy atom. The average molecular weight is 675 g/mol. The Balaban J connectivity index is 2.10. The fourth-order valence-electron chi connectivity index (χ4n) is 6.78. The smallest absolute Gasteiger partial charge is 0.203 e. The van der Waals surface area contributed by atoms with Gasteiger partial charge in [-0.2, -0.15) is 0 Å². The number of aliphatic hydroxyl groups excluding tert-OH is 1. The van der Waals surface area contributed by atoms with Crippen LogP contribution in [0.25, 0.3) is 0 Å². The van der Waals surface area contributed by atoms with Gasteiger partial charge in [0.25, 0.3) is 0 Å². The highest BCUT2D eigenvalue weighted by molar-refractivity contribution is 5.53. The van der Waals surface area contributed by atoms with Crippen LogP contribution in [0.4, 0.5) is 0 Å². The summed E-state index contributed by atoms with van der Waals surface area (Å²) in [5, 5.41) is 9.77. The molecule has 0 spiro atoms. The summed E-state index contributed by atoms with van der Waals surface area (Å²) in [6.45, 7) is 5.89. The Labute approximate surface area is 299 Å². The molecule has 0 aliphatic carbocycles. The highest BCUT2D eigenvalue weighted by Gasteiger charge is 2.15. The average Bonchev–Trinajstić information content (AvgIpc) is 3.11. The standard InChI is InChI=1S/C44H82O4/c1-4-6-8-10-12-14-16-18-20-22-24-26-28-30-32-34-36-47-43-39-41(40-45)38-42(46-3)44(43)48-37-35-33-31-29-27-25-23-21-19-17-15-13-11-9-7-5-2/h38-39,45H,4-37,40H2,1-3H3. The molecule has 1 rings (SSSR count). The quantitative estimate of drug-likeness (QED) is 0.0709. The minimum atomic E-state index is -0.0365. The predicted molar refractivity (Wildman–Crippen MR) is 209 cm³/mol. The molecule has 0 saturated carbocycles. The Bertz CT molecular complexity index is 794. The molecule has 0 saturated heterocycles. The lowest BCUT2D eigenvalue weighted by atomic mass is 10.0. The minimum absolute atomic E-state index is 0.0365. The molecule has 0 unspecified atom stereocenters. The van der Waals surface area contributed by atoms with E-state index in [2.05, 4.69) is 13.8 Å². The van der Waals surface area contributed by atoms with Crippen LogP contribution in [0.15, 0.2) is 12.1 Å². The Morgan fingerprint density at radius 3 is 1.00 bits per heavy atom. The third-order valence-electron chi connectivity index (χ3n) is 9.98. The number of ether oxygens (including phenoxy) is 3. The van der Waals surface area contributed by atoms with Crippen molar-refractivity contribution in [2.75, 3.05) is 20.3 Å². The highest BCUT2D eigenvalue weighted by Crippen LogP contribution is 2.39. The van der Waals surface area contributed by atoms with Gasteiger partial charge in [0.15, 0.2) is 11.5 Å². The summed E-state index contributed by atoms with van der Waals surface area (Å²) in [7, 11) is 1.66. The molecule has 0 aliphatic heterocycles. The first kappa shape index (κ1) is 44.6. The zero-order valence-corrected chi connectivity index (χ0v) is 32.6. The lowest BCUT2D eigenvalue weighted by Crippen LogP contribution is -2.05. The molecular formula is C44H82O4. The first-order chi connectivity index (χ1) is 23.8. The van der Waals surface area contributed by atoms with Gasteiger partial charge < -0.3 is 19.3 Å². The lowest BCUT2D eigenvalue weighted by molar-refractivity contribution is 0.243. The van der Waals surface area contributed by atoms with Crippen molar-refractivity contribution >= 4 is 0 Å². The zero-order valence-electron chi connectivity index (χ0n) is 32.6. The lowest BCUT2D eigenvalue weighted by Gasteiger charge is -2.17. The maximum Gasteiger partial charge on any atom is 0.203 e. The highest BCUT2D eigenvalue weighted by atomic mass is 16.5. The maximum atomic E-state index is 9.77. The fraction of sp³-hybridized carbons (Fsp3) is 0.864. The van der Waals surface area contributed by atoms with Gasteiger partial charge in [-0.1, -0.05) is 206 Å². The van der Waals surface area contributed by atoms with Crippen molar-refractivity contribution in [1.82, 2.24) is 0 Å². The molecule has 1 aromatic carbocycles. The van der Waals surface area contributed by atoms with Gasteiger partial charge in [0, 0.05) is 0 Å². The Kier molecular flexibility index (Phi) is 32.9. The van der Waals surface area contributed by atoms with Crippen molar-refractivity contribution in [1.29, 1.82) is 0 Å². The van der Waals surface area contributed by atoms with E-state index < -0.39 is 0 Å². The van der Waals surface area contributed by atoms with E-state index in [0.717, 1.165) is 18.4 Å². The summed E-state index contributed by atoms with van der Waals surface area (Å²) in [4.78, 5) is 0. The number of hydrogen-bond donors (Lipinski definition) is 1. The number of benzene rings is 1. The van der Waals surface area contributed by atoms with Crippen molar-refractivity contribution in [2.24, 2.45) is 0 Å². The molecule has 4 nitrogen and oxygen atoms in total. The first-order valence-corrected chi connectivity index (χ1v) is 21.3. The van der Waals surface area contributed by atoms with E-state index in [9.17, 15) is 5.11 Å². The predicted octanol–water partition coefficient (Wildman–Crippen LogP) is 14.5. The van der Waals surface area contributed by atoms with Crippen LogP contribution in [-0.4, -0.2) is 25.4 Å². The second-order valence-corrected chi connectivity index (χ2v) is 14.6. The van der Waals surface area contributed by atoms with Gasteiger partial charge in [-0.15, -0.1) is 0 Å². The van der Waals surface area contributed by atoms with Crippen LogP contribution in [0.2, 0.25) is 0 Å². The van der Waals surface area contributed by atoms with Gasteiger partial charge in [0.1, 0.15) is 0 Å². The monoisotopic (exact) mass is 675 g/mol. The molecule has 282 valence electrons. The van der Waals surface area contributed by atoms with Crippen molar-refractivity contribution < 1.29 is 19.3 Å². The normalized spacial score (nSPS) is 11.3. The van der Waals surface area contributed by atoms with Crippen LogP contribution in [0.3, 0.4) is 0 Å². The second kappa shape index (κ2) is 35.4. The number of hydrogen-bond acceptors (Lipinski definition) is 4. The number of rotatable bonds is 38. The van der Waals surface area contributed by atoms with Gasteiger partial charge >= 0.3 is 0 Å². The molecule has 0 heterocycles. The van der Waals surface area contributed by atoms with E-state index in [4.69, 9.17) is 14.2 Å². The molecule has 48 heavy (non-hydrogen) atoms.